The molecule has 0 radical (unpaired) electrons. The minimum absolute atomic E-state index is 0.0115. The summed E-state index contributed by atoms with van der Waals surface area (Å²) >= 11 is 0. The van der Waals surface area contributed by atoms with Gasteiger partial charge < -0.3 is 10.2 Å². The van der Waals surface area contributed by atoms with E-state index in [2.05, 4.69) is 12.2 Å². The standard InChI is InChI=1S/C19H25FN2O2/c1-3-13-5-4-8-22(11-13)19(24)16-10-14(20)6-7-17(16)21-18(23)15-9-12(15)2/h6-7,10,12-13,15H,3-5,8-9,11H2,1-2H3,(H,21,23)/t12-,13-,15-/m1/s1. The van der Waals surface area contributed by atoms with Crippen LogP contribution in [-0.2, 0) is 4.79 Å². The van der Waals surface area contributed by atoms with E-state index in [4.69, 9.17) is 0 Å². The number of carbonyl (C=O) groups excluding carboxylic acids is 2. The van der Waals surface area contributed by atoms with Gasteiger partial charge in [0, 0.05) is 19.0 Å². The molecule has 1 heterocycles. The van der Waals surface area contributed by atoms with Crippen molar-refractivity contribution < 1.29 is 14.0 Å². The zero-order chi connectivity index (χ0) is 17.3. The van der Waals surface area contributed by atoms with E-state index < -0.39 is 5.82 Å². The van der Waals surface area contributed by atoms with Crippen LogP contribution in [0.15, 0.2) is 18.2 Å². The van der Waals surface area contributed by atoms with Crippen LogP contribution in [0, 0.1) is 23.6 Å². The minimum atomic E-state index is -0.458. The highest BCUT2D eigenvalue weighted by Crippen LogP contribution is 2.38. The van der Waals surface area contributed by atoms with Gasteiger partial charge >= 0.3 is 0 Å². The van der Waals surface area contributed by atoms with Crippen LogP contribution in [0.5, 0.6) is 0 Å². The van der Waals surface area contributed by atoms with E-state index in [9.17, 15) is 14.0 Å². The van der Waals surface area contributed by atoms with Crippen molar-refractivity contribution >= 4 is 17.5 Å². The summed E-state index contributed by atoms with van der Waals surface area (Å²) in [6, 6.07) is 4.02. The fourth-order valence-corrected chi connectivity index (χ4v) is 3.47. The fraction of sp³-hybridized carbons (Fsp3) is 0.579. The van der Waals surface area contributed by atoms with Crippen LogP contribution in [0.1, 0.15) is 49.9 Å². The first-order chi connectivity index (χ1) is 11.5. The van der Waals surface area contributed by atoms with Crippen LogP contribution in [0.3, 0.4) is 0 Å². The lowest BCUT2D eigenvalue weighted by Gasteiger charge is -2.32. The quantitative estimate of drug-likeness (QED) is 0.914. The van der Waals surface area contributed by atoms with Gasteiger partial charge in [0.1, 0.15) is 5.82 Å². The third kappa shape index (κ3) is 3.60. The second-order valence-electron chi connectivity index (χ2n) is 7.17. The Hall–Kier alpha value is -1.91. The average Bonchev–Trinajstić information content (AvgIpc) is 3.32. The predicted octanol–water partition coefficient (Wildman–Crippen LogP) is 3.68. The number of hydrogen-bond acceptors (Lipinski definition) is 2. The lowest BCUT2D eigenvalue weighted by atomic mass is 9.95. The van der Waals surface area contributed by atoms with Crippen molar-refractivity contribution in [2.24, 2.45) is 17.8 Å². The molecule has 1 saturated carbocycles. The summed E-state index contributed by atoms with van der Waals surface area (Å²) in [7, 11) is 0. The van der Waals surface area contributed by atoms with Crippen molar-refractivity contribution in [3.05, 3.63) is 29.6 Å². The molecule has 1 aliphatic heterocycles. The van der Waals surface area contributed by atoms with Gasteiger partial charge in [0.15, 0.2) is 0 Å². The molecule has 24 heavy (non-hydrogen) atoms. The van der Waals surface area contributed by atoms with E-state index in [1.807, 2.05) is 6.92 Å². The Kier molecular flexibility index (Phi) is 4.88. The van der Waals surface area contributed by atoms with E-state index >= 15 is 0 Å². The van der Waals surface area contributed by atoms with Crippen LogP contribution in [0.2, 0.25) is 0 Å². The lowest BCUT2D eigenvalue weighted by Crippen LogP contribution is -2.40. The third-order valence-electron chi connectivity index (χ3n) is 5.30. The number of nitrogens with zero attached hydrogens (tertiary/aromatic N) is 1. The van der Waals surface area contributed by atoms with Gasteiger partial charge in [-0.2, -0.15) is 0 Å². The van der Waals surface area contributed by atoms with E-state index in [1.165, 1.54) is 18.2 Å². The zero-order valence-electron chi connectivity index (χ0n) is 14.3. The molecular weight excluding hydrogens is 307 g/mol. The highest BCUT2D eigenvalue weighted by molar-refractivity contribution is 6.04. The molecule has 1 aliphatic carbocycles. The summed E-state index contributed by atoms with van der Waals surface area (Å²) in [5.74, 6) is 0.177. The number of anilines is 1. The Labute approximate surface area is 142 Å². The Balaban J connectivity index is 1.79. The molecule has 3 rings (SSSR count). The summed E-state index contributed by atoms with van der Waals surface area (Å²) in [4.78, 5) is 26.9. The average molecular weight is 332 g/mol. The maximum absolute atomic E-state index is 13.7. The van der Waals surface area contributed by atoms with Crippen molar-refractivity contribution in [3.8, 4) is 0 Å². The van der Waals surface area contributed by atoms with Gasteiger partial charge in [0.2, 0.25) is 5.91 Å². The molecule has 1 N–H and O–H groups in total. The number of hydrogen-bond donors (Lipinski definition) is 1. The summed E-state index contributed by atoms with van der Waals surface area (Å²) in [6.45, 7) is 5.56. The molecule has 1 aromatic rings. The summed E-state index contributed by atoms with van der Waals surface area (Å²) in [5, 5.41) is 2.82. The Morgan fingerprint density at radius 2 is 2.12 bits per heavy atom. The SMILES string of the molecule is CC[C@@H]1CCCN(C(=O)c2cc(F)ccc2NC(=O)[C@@H]2C[C@H]2C)C1. The molecule has 2 amide bonds. The van der Waals surface area contributed by atoms with Crippen LogP contribution < -0.4 is 5.32 Å². The van der Waals surface area contributed by atoms with E-state index in [1.54, 1.807) is 4.90 Å². The smallest absolute Gasteiger partial charge is 0.256 e. The Morgan fingerprint density at radius 1 is 1.38 bits per heavy atom. The van der Waals surface area contributed by atoms with Gasteiger partial charge in [-0.25, -0.2) is 4.39 Å². The van der Waals surface area contributed by atoms with Crippen molar-refractivity contribution in [1.82, 2.24) is 4.90 Å². The molecule has 0 unspecified atom stereocenters. The molecule has 2 aliphatic rings. The highest BCUT2D eigenvalue weighted by atomic mass is 19.1. The third-order valence-corrected chi connectivity index (χ3v) is 5.30. The number of carbonyl (C=O) groups is 2. The first-order valence-corrected chi connectivity index (χ1v) is 8.89. The van der Waals surface area contributed by atoms with Gasteiger partial charge in [-0.1, -0.05) is 20.3 Å². The van der Waals surface area contributed by atoms with Crippen molar-refractivity contribution in [2.75, 3.05) is 18.4 Å². The first kappa shape index (κ1) is 16.9. The summed E-state index contributed by atoms with van der Waals surface area (Å²) in [6.07, 6.45) is 4.02. The van der Waals surface area contributed by atoms with Crippen LogP contribution in [0.4, 0.5) is 10.1 Å². The molecule has 0 aromatic heterocycles. The van der Waals surface area contributed by atoms with Crippen molar-refractivity contribution in [1.29, 1.82) is 0 Å². The highest BCUT2D eigenvalue weighted by Gasteiger charge is 2.39. The molecule has 3 atom stereocenters. The molecule has 0 bridgehead atoms. The Bertz CT molecular complexity index is 646. The Morgan fingerprint density at radius 3 is 2.79 bits per heavy atom. The number of piperidine rings is 1. The number of benzene rings is 1. The minimum Gasteiger partial charge on any atom is -0.338 e. The largest absolute Gasteiger partial charge is 0.338 e. The molecule has 0 spiro atoms. The van der Waals surface area contributed by atoms with Crippen molar-refractivity contribution in [3.63, 3.8) is 0 Å². The molecule has 4 nitrogen and oxygen atoms in total. The zero-order valence-corrected chi connectivity index (χ0v) is 14.3. The number of amides is 2. The number of likely N-dealkylation sites (tertiary alicyclic amines) is 1. The fourth-order valence-electron chi connectivity index (χ4n) is 3.47. The monoisotopic (exact) mass is 332 g/mol. The van der Waals surface area contributed by atoms with Crippen LogP contribution >= 0.6 is 0 Å². The van der Waals surface area contributed by atoms with Gasteiger partial charge in [0.05, 0.1) is 11.3 Å². The van der Waals surface area contributed by atoms with E-state index in [-0.39, 0.29) is 23.3 Å². The second-order valence-corrected chi connectivity index (χ2v) is 7.17. The number of halogens is 1. The van der Waals surface area contributed by atoms with Gasteiger partial charge in [-0.05, 0) is 49.3 Å². The van der Waals surface area contributed by atoms with Crippen molar-refractivity contribution in [2.45, 2.75) is 39.5 Å². The number of nitrogens with one attached hydrogen (secondary N) is 1. The van der Waals surface area contributed by atoms with E-state index in [0.29, 0.717) is 30.6 Å². The first-order valence-electron chi connectivity index (χ1n) is 8.89. The molecule has 1 aromatic carbocycles. The normalized spacial score (nSPS) is 26.1. The van der Waals surface area contributed by atoms with Crippen LogP contribution in [-0.4, -0.2) is 29.8 Å². The van der Waals surface area contributed by atoms with Crippen LogP contribution in [0.25, 0.3) is 0 Å². The topological polar surface area (TPSA) is 49.4 Å². The maximum atomic E-state index is 13.7. The predicted molar refractivity (Wildman–Crippen MR) is 91.2 cm³/mol. The summed E-state index contributed by atoms with van der Waals surface area (Å²) in [5.41, 5.74) is 0.678. The van der Waals surface area contributed by atoms with Gasteiger partial charge in [-0.15, -0.1) is 0 Å². The van der Waals surface area contributed by atoms with E-state index in [0.717, 1.165) is 25.7 Å². The number of rotatable bonds is 4. The molecule has 130 valence electrons. The maximum Gasteiger partial charge on any atom is 0.256 e. The molecule has 1 saturated heterocycles. The van der Waals surface area contributed by atoms with Gasteiger partial charge in [-0.3, -0.25) is 9.59 Å². The van der Waals surface area contributed by atoms with Gasteiger partial charge in [0.25, 0.3) is 5.91 Å². The second kappa shape index (κ2) is 6.91. The molecule has 5 heteroatoms. The lowest BCUT2D eigenvalue weighted by molar-refractivity contribution is -0.117. The molecular formula is C19H25FN2O2. The molecule has 2 fully saturated rings. The summed E-state index contributed by atoms with van der Waals surface area (Å²) < 4.78 is 13.7.